The van der Waals surface area contributed by atoms with E-state index in [1.54, 1.807) is 12.1 Å². The maximum absolute atomic E-state index is 12.5. The number of amides is 1. The van der Waals surface area contributed by atoms with Crippen molar-refractivity contribution in [1.82, 2.24) is 0 Å². The Morgan fingerprint density at radius 1 is 1.00 bits per heavy atom. The van der Waals surface area contributed by atoms with Crippen molar-refractivity contribution in [3.05, 3.63) is 68.8 Å². The molecule has 0 saturated heterocycles. The Balaban J connectivity index is 2.26. The van der Waals surface area contributed by atoms with Gasteiger partial charge in [0.25, 0.3) is 0 Å². The smallest absolute Gasteiger partial charge is 0.403 e. The molecule has 0 saturated carbocycles. The van der Waals surface area contributed by atoms with E-state index in [0.717, 1.165) is 12.1 Å². The molecule has 0 aromatic heterocycles. The molecule has 0 radical (unpaired) electrons. The van der Waals surface area contributed by atoms with Gasteiger partial charge in [-0.15, -0.1) is 0 Å². The number of nitro groups is 1. The highest BCUT2D eigenvalue weighted by Crippen LogP contribution is 2.36. The summed E-state index contributed by atoms with van der Waals surface area (Å²) in [5.74, 6) is -1.48. The average molecular weight is 312 g/mol. The molecule has 1 aliphatic rings. The SMILES string of the molecule is NC(=O)Oc1cc2c(cc1[N+](=O)[O-])C(=O)c1ccccc1C2=O. The fourth-order valence-corrected chi connectivity index (χ4v) is 2.45. The second kappa shape index (κ2) is 5.02. The third-order valence-electron chi connectivity index (χ3n) is 3.41. The van der Waals surface area contributed by atoms with Gasteiger partial charge >= 0.3 is 11.8 Å². The van der Waals surface area contributed by atoms with Crippen molar-refractivity contribution < 1.29 is 24.0 Å². The van der Waals surface area contributed by atoms with Crippen LogP contribution in [0, 0.1) is 10.1 Å². The van der Waals surface area contributed by atoms with Gasteiger partial charge in [0.2, 0.25) is 5.75 Å². The predicted octanol–water partition coefficient (Wildman–Crippen LogP) is 1.83. The molecule has 3 rings (SSSR count). The van der Waals surface area contributed by atoms with Crippen LogP contribution < -0.4 is 10.5 Å². The monoisotopic (exact) mass is 312 g/mol. The van der Waals surface area contributed by atoms with E-state index in [4.69, 9.17) is 5.73 Å². The fourth-order valence-electron chi connectivity index (χ4n) is 2.45. The molecule has 8 nitrogen and oxygen atoms in total. The largest absolute Gasteiger partial charge is 0.410 e. The Labute approximate surface area is 128 Å². The number of primary amides is 1. The zero-order valence-corrected chi connectivity index (χ0v) is 11.4. The van der Waals surface area contributed by atoms with E-state index in [-0.39, 0.29) is 22.3 Å². The van der Waals surface area contributed by atoms with E-state index in [1.165, 1.54) is 12.1 Å². The van der Waals surface area contributed by atoms with Gasteiger partial charge in [0.1, 0.15) is 0 Å². The third kappa shape index (κ3) is 2.22. The summed E-state index contributed by atoms with van der Waals surface area (Å²) in [6, 6.07) is 8.06. The quantitative estimate of drug-likeness (QED) is 0.567. The molecular formula is C15H8N2O6. The first-order chi connectivity index (χ1) is 10.9. The van der Waals surface area contributed by atoms with E-state index in [1.807, 2.05) is 0 Å². The van der Waals surface area contributed by atoms with Crippen LogP contribution in [0.1, 0.15) is 31.8 Å². The Bertz CT molecular complexity index is 903. The summed E-state index contributed by atoms with van der Waals surface area (Å²) in [5.41, 5.74) is 4.42. The van der Waals surface area contributed by atoms with Crippen LogP contribution in [-0.4, -0.2) is 22.6 Å². The van der Waals surface area contributed by atoms with Crippen molar-refractivity contribution in [3.8, 4) is 5.75 Å². The molecule has 0 heterocycles. The number of fused-ring (bicyclic) bond motifs is 2. The van der Waals surface area contributed by atoms with E-state index < -0.39 is 34.0 Å². The molecule has 0 unspecified atom stereocenters. The molecule has 0 atom stereocenters. The maximum atomic E-state index is 12.5. The summed E-state index contributed by atoms with van der Waals surface area (Å²) in [6.45, 7) is 0. The van der Waals surface area contributed by atoms with Crippen molar-refractivity contribution in [2.45, 2.75) is 0 Å². The molecule has 2 N–H and O–H groups in total. The summed E-state index contributed by atoms with van der Waals surface area (Å²) in [6.07, 6.45) is -1.26. The fraction of sp³-hybridized carbons (Fsp3) is 0. The zero-order chi connectivity index (χ0) is 16.7. The van der Waals surface area contributed by atoms with Crippen LogP contribution in [0.4, 0.5) is 10.5 Å². The second-order valence-electron chi connectivity index (χ2n) is 4.75. The number of hydrogen-bond acceptors (Lipinski definition) is 6. The van der Waals surface area contributed by atoms with E-state index >= 15 is 0 Å². The summed E-state index contributed by atoms with van der Waals surface area (Å²) in [4.78, 5) is 46.1. The summed E-state index contributed by atoms with van der Waals surface area (Å²) in [5, 5.41) is 11.1. The minimum absolute atomic E-state index is 0.0736. The normalized spacial score (nSPS) is 12.3. The van der Waals surface area contributed by atoms with Crippen molar-refractivity contribution >= 4 is 23.3 Å². The van der Waals surface area contributed by atoms with Gasteiger partial charge < -0.3 is 10.5 Å². The van der Waals surface area contributed by atoms with Gasteiger partial charge in [-0.3, -0.25) is 19.7 Å². The molecule has 2 aromatic carbocycles. The second-order valence-corrected chi connectivity index (χ2v) is 4.75. The number of hydrogen-bond donors (Lipinski definition) is 1. The van der Waals surface area contributed by atoms with Crippen molar-refractivity contribution in [1.29, 1.82) is 0 Å². The van der Waals surface area contributed by atoms with Gasteiger partial charge in [-0.1, -0.05) is 24.3 Å². The molecule has 0 fully saturated rings. The Morgan fingerprint density at radius 2 is 1.52 bits per heavy atom. The Hall–Kier alpha value is -3.55. The topological polar surface area (TPSA) is 130 Å². The first-order valence-corrected chi connectivity index (χ1v) is 6.38. The molecule has 0 bridgehead atoms. The highest BCUT2D eigenvalue weighted by atomic mass is 16.6. The number of ether oxygens (including phenoxy) is 1. The number of carbonyl (C=O) groups is 3. The molecule has 2 aromatic rings. The first-order valence-electron chi connectivity index (χ1n) is 6.38. The van der Waals surface area contributed by atoms with E-state index in [2.05, 4.69) is 4.74 Å². The molecule has 0 spiro atoms. The molecule has 8 heteroatoms. The highest BCUT2D eigenvalue weighted by molar-refractivity contribution is 6.28. The van der Waals surface area contributed by atoms with Crippen LogP contribution >= 0.6 is 0 Å². The number of ketones is 2. The van der Waals surface area contributed by atoms with Gasteiger partial charge in [0, 0.05) is 34.4 Å². The lowest BCUT2D eigenvalue weighted by atomic mass is 9.84. The minimum Gasteiger partial charge on any atom is -0.403 e. The Morgan fingerprint density at radius 3 is 2.00 bits per heavy atom. The standard InChI is InChI=1S/C15H8N2O6/c16-15(20)23-12-6-10-9(5-11(12)17(21)22)13(18)7-3-1-2-4-8(7)14(10)19/h1-6H,(H2,16,20). The molecular weight excluding hydrogens is 304 g/mol. The number of nitrogens with two attached hydrogens (primary N) is 1. The van der Waals surface area contributed by atoms with Gasteiger partial charge in [-0.25, -0.2) is 4.79 Å². The number of nitrogens with zero attached hydrogens (tertiary/aromatic N) is 1. The van der Waals surface area contributed by atoms with E-state index in [0.29, 0.717) is 0 Å². The van der Waals surface area contributed by atoms with Crippen LogP contribution in [0.3, 0.4) is 0 Å². The lowest BCUT2D eigenvalue weighted by Gasteiger charge is -2.17. The van der Waals surface area contributed by atoms with Crippen LogP contribution in [0.5, 0.6) is 5.75 Å². The predicted molar refractivity (Wildman–Crippen MR) is 76.6 cm³/mol. The summed E-state index contributed by atoms with van der Waals surface area (Å²) >= 11 is 0. The van der Waals surface area contributed by atoms with Crippen LogP contribution in [-0.2, 0) is 0 Å². The van der Waals surface area contributed by atoms with Crippen molar-refractivity contribution in [3.63, 3.8) is 0 Å². The third-order valence-corrected chi connectivity index (χ3v) is 3.41. The van der Waals surface area contributed by atoms with Crippen LogP contribution in [0.2, 0.25) is 0 Å². The molecule has 1 amide bonds. The summed E-state index contributed by atoms with van der Waals surface area (Å²) < 4.78 is 4.58. The number of nitro benzene ring substituents is 1. The molecule has 23 heavy (non-hydrogen) atoms. The van der Waals surface area contributed by atoms with Gasteiger partial charge in [0.05, 0.1) is 4.92 Å². The van der Waals surface area contributed by atoms with Gasteiger partial charge in [0.15, 0.2) is 11.6 Å². The van der Waals surface area contributed by atoms with E-state index in [9.17, 15) is 24.5 Å². The van der Waals surface area contributed by atoms with Crippen molar-refractivity contribution in [2.24, 2.45) is 5.73 Å². The lowest BCUT2D eigenvalue weighted by molar-refractivity contribution is -0.385. The van der Waals surface area contributed by atoms with Crippen LogP contribution in [0.25, 0.3) is 0 Å². The molecule has 0 aliphatic heterocycles. The number of benzene rings is 2. The highest BCUT2D eigenvalue weighted by Gasteiger charge is 2.33. The van der Waals surface area contributed by atoms with Gasteiger partial charge in [-0.2, -0.15) is 0 Å². The molecule has 114 valence electrons. The number of carbonyl (C=O) groups excluding carboxylic acids is 3. The first kappa shape index (κ1) is 14.4. The van der Waals surface area contributed by atoms with Crippen molar-refractivity contribution in [2.75, 3.05) is 0 Å². The number of rotatable bonds is 2. The lowest BCUT2D eigenvalue weighted by Crippen LogP contribution is -2.22. The maximum Gasteiger partial charge on any atom is 0.410 e. The van der Waals surface area contributed by atoms with Gasteiger partial charge in [-0.05, 0) is 0 Å². The van der Waals surface area contributed by atoms with Crippen LogP contribution in [0.15, 0.2) is 36.4 Å². The Kier molecular flexibility index (Phi) is 3.14. The zero-order valence-electron chi connectivity index (χ0n) is 11.4. The minimum atomic E-state index is -1.26. The summed E-state index contributed by atoms with van der Waals surface area (Å²) in [7, 11) is 0. The average Bonchev–Trinajstić information content (AvgIpc) is 2.51. The molecule has 1 aliphatic carbocycles.